The number of carbonyl (C=O) groups excluding carboxylic acids is 1. The number of hydrogen-bond donors (Lipinski definition) is 1. The lowest BCUT2D eigenvalue weighted by Gasteiger charge is -2.19. The zero-order valence-corrected chi connectivity index (χ0v) is 13.1. The van der Waals surface area contributed by atoms with Crippen LogP contribution in [0.15, 0.2) is 24.3 Å². The number of ether oxygens (including phenoxy) is 3. The Morgan fingerprint density at radius 3 is 2.23 bits per heavy atom. The molecule has 0 aliphatic rings. The normalized spacial score (nSPS) is 13.4. The summed E-state index contributed by atoms with van der Waals surface area (Å²) in [4.78, 5) is 22.6. The van der Waals surface area contributed by atoms with Crippen molar-refractivity contribution < 1.29 is 28.9 Å². The summed E-state index contributed by atoms with van der Waals surface area (Å²) in [6.45, 7) is 5.99. The topological polar surface area (TPSA) is 82.1 Å². The molecule has 0 fully saturated rings. The largest absolute Gasteiger partial charge is 0.478 e. The molecule has 0 aliphatic carbocycles. The van der Waals surface area contributed by atoms with Crippen molar-refractivity contribution in [3.8, 4) is 0 Å². The van der Waals surface area contributed by atoms with Crippen LogP contribution in [0.4, 0.5) is 0 Å². The first-order valence-electron chi connectivity index (χ1n) is 7.25. The van der Waals surface area contributed by atoms with Crippen molar-refractivity contribution in [2.75, 3.05) is 6.61 Å². The van der Waals surface area contributed by atoms with Crippen molar-refractivity contribution in [3.05, 3.63) is 35.4 Å². The minimum absolute atomic E-state index is 0.110. The van der Waals surface area contributed by atoms with Gasteiger partial charge in [0.2, 0.25) is 6.29 Å². The van der Waals surface area contributed by atoms with Crippen LogP contribution in [0.5, 0.6) is 0 Å². The summed E-state index contributed by atoms with van der Waals surface area (Å²) < 4.78 is 15.9. The molecule has 0 heterocycles. The lowest BCUT2D eigenvalue weighted by molar-refractivity contribution is -0.213. The Bertz CT molecular complexity index is 482. The van der Waals surface area contributed by atoms with E-state index in [-0.39, 0.29) is 11.1 Å². The number of aromatic carboxylic acids is 1. The third kappa shape index (κ3) is 6.24. The predicted octanol–water partition coefficient (Wildman–Crippen LogP) is 3.07. The number of esters is 1. The van der Waals surface area contributed by atoms with Gasteiger partial charge in [-0.15, -0.1) is 0 Å². The van der Waals surface area contributed by atoms with Crippen molar-refractivity contribution in [3.63, 3.8) is 0 Å². The molecule has 0 radical (unpaired) electrons. The van der Waals surface area contributed by atoms with Crippen LogP contribution in [0.1, 0.15) is 54.3 Å². The zero-order chi connectivity index (χ0) is 16.5. The van der Waals surface area contributed by atoms with Crippen LogP contribution in [0.2, 0.25) is 0 Å². The van der Waals surface area contributed by atoms with Crippen LogP contribution in [-0.2, 0) is 14.2 Å². The van der Waals surface area contributed by atoms with Crippen molar-refractivity contribution in [1.29, 1.82) is 0 Å². The average Bonchev–Trinajstić information content (AvgIpc) is 2.47. The molecule has 0 saturated carbocycles. The molecule has 0 aromatic heterocycles. The van der Waals surface area contributed by atoms with Crippen LogP contribution in [0.25, 0.3) is 0 Å². The van der Waals surface area contributed by atoms with Crippen LogP contribution < -0.4 is 0 Å². The number of benzene rings is 1. The zero-order valence-electron chi connectivity index (χ0n) is 13.1. The molecule has 6 nitrogen and oxygen atoms in total. The Morgan fingerprint density at radius 2 is 1.68 bits per heavy atom. The molecule has 0 spiro atoms. The van der Waals surface area contributed by atoms with Gasteiger partial charge in [-0.1, -0.05) is 13.3 Å². The maximum atomic E-state index is 11.9. The van der Waals surface area contributed by atoms with Crippen LogP contribution in [0, 0.1) is 0 Å². The van der Waals surface area contributed by atoms with Gasteiger partial charge in [-0.25, -0.2) is 9.59 Å². The minimum atomic E-state index is -1.05. The number of carboxylic acids is 1. The Morgan fingerprint density at radius 1 is 1.09 bits per heavy atom. The molecule has 1 N–H and O–H groups in total. The Balaban J connectivity index is 2.44. The van der Waals surface area contributed by atoms with Gasteiger partial charge in [0.1, 0.15) is 0 Å². The van der Waals surface area contributed by atoms with E-state index in [4.69, 9.17) is 19.3 Å². The van der Waals surface area contributed by atoms with E-state index in [9.17, 15) is 9.59 Å². The van der Waals surface area contributed by atoms with Crippen molar-refractivity contribution in [2.24, 2.45) is 0 Å². The van der Waals surface area contributed by atoms with E-state index < -0.39 is 24.5 Å². The van der Waals surface area contributed by atoms with Gasteiger partial charge >= 0.3 is 11.9 Å². The monoisotopic (exact) mass is 310 g/mol. The predicted molar refractivity (Wildman–Crippen MR) is 79.7 cm³/mol. The maximum Gasteiger partial charge on any atom is 0.340 e. The smallest absolute Gasteiger partial charge is 0.340 e. The second-order valence-electron chi connectivity index (χ2n) is 4.78. The summed E-state index contributed by atoms with van der Waals surface area (Å²) in [7, 11) is 0. The Kier molecular flexibility index (Phi) is 7.56. The summed E-state index contributed by atoms with van der Waals surface area (Å²) in [5.74, 6) is -1.63. The highest BCUT2D eigenvalue weighted by molar-refractivity contribution is 5.92. The highest BCUT2D eigenvalue weighted by atomic mass is 16.8. The van der Waals surface area contributed by atoms with E-state index in [1.807, 2.05) is 0 Å². The van der Waals surface area contributed by atoms with Gasteiger partial charge in [0.15, 0.2) is 6.29 Å². The Labute approximate surface area is 130 Å². The molecule has 0 amide bonds. The average molecular weight is 310 g/mol. The van der Waals surface area contributed by atoms with E-state index in [1.165, 1.54) is 24.3 Å². The molecule has 2 atom stereocenters. The fourth-order valence-corrected chi connectivity index (χ4v) is 1.70. The van der Waals surface area contributed by atoms with Gasteiger partial charge in [-0.2, -0.15) is 0 Å². The summed E-state index contributed by atoms with van der Waals surface area (Å²) >= 11 is 0. The summed E-state index contributed by atoms with van der Waals surface area (Å²) in [6, 6.07) is 5.50. The molecular weight excluding hydrogens is 288 g/mol. The number of carbonyl (C=O) groups is 2. The number of unbranched alkanes of at least 4 members (excludes halogenated alkanes) is 1. The quantitative estimate of drug-likeness (QED) is 0.429. The Hall–Kier alpha value is -1.92. The molecule has 1 aromatic rings. The molecule has 1 aromatic carbocycles. The molecule has 2 unspecified atom stereocenters. The van der Waals surface area contributed by atoms with Crippen LogP contribution in [-0.4, -0.2) is 36.2 Å². The minimum Gasteiger partial charge on any atom is -0.478 e. The van der Waals surface area contributed by atoms with E-state index in [0.717, 1.165) is 12.8 Å². The van der Waals surface area contributed by atoms with Crippen molar-refractivity contribution >= 4 is 11.9 Å². The number of carboxylic acid groups (broad SMARTS) is 1. The molecule has 6 heteroatoms. The molecular formula is C16H22O6. The summed E-state index contributed by atoms with van der Waals surface area (Å²) in [6.07, 6.45) is 0.744. The standard InChI is InChI=1S/C16H22O6/c1-4-5-10-20-11(2)21-12(3)22-16(19)14-8-6-13(7-9-14)15(17)18/h6-9,11-12H,4-5,10H2,1-3H3,(H,17,18). The second-order valence-corrected chi connectivity index (χ2v) is 4.78. The van der Waals surface area contributed by atoms with Gasteiger partial charge in [0.05, 0.1) is 11.1 Å². The molecule has 122 valence electrons. The first-order valence-corrected chi connectivity index (χ1v) is 7.25. The van der Waals surface area contributed by atoms with Crippen LogP contribution >= 0.6 is 0 Å². The third-order valence-electron chi connectivity index (χ3n) is 2.87. The molecule has 0 bridgehead atoms. The first-order chi connectivity index (χ1) is 10.4. The number of hydrogen-bond acceptors (Lipinski definition) is 5. The highest BCUT2D eigenvalue weighted by Crippen LogP contribution is 2.09. The highest BCUT2D eigenvalue weighted by Gasteiger charge is 2.15. The fourth-order valence-electron chi connectivity index (χ4n) is 1.70. The molecule has 22 heavy (non-hydrogen) atoms. The summed E-state index contributed by atoms with van der Waals surface area (Å²) in [5.41, 5.74) is 0.374. The van der Waals surface area contributed by atoms with Gasteiger partial charge < -0.3 is 19.3 Å². The molecule has 0 saturated heterocycles. The SMILES string of the molecule is CCCCOC(C)OC(C)OC(=O)c1ccc(C(=O)O)cc1. The fraction of sp³-hybridized carbons (Fsp3) is 0.500. The van der Waals surface area contributed by atoms with Crippen molar-refractivity contribution in [2.45, 2.75) is 46.2 Å². The van der Waals surface area contributed by atoms with Crippen molar-refractivity contribution in [1.82, 2.24) is 0 Å². The lowest BCUT2D eigenvalue weighted by Crippen LogP contribution is -2.25. The second kappa shape index (κ2) is 9.17. The van der Waals surface area contributed by atoms with E-state index in [2.05, 4.69) is 6.92 Å². The molecule has 1 rings (SSSR count). The van der Waals surface area contributed by atoms with E-state index >= 15 is 0 Å². The lowest BCUT2D eigenvalue weighted by atomic mass is 10.1. The van der Waals surface area contributed by atoms with Gasteiger partial charge in [-0.05, 0) is 44.5 Å². The van der Waals surface area contributed by atoms with E-state index in [1.54, 1.807) is 13.8 Å². The third-order valence-corrected chi connectivity index (χ3v) is 2.87. The van der Waals surface area contributed by atoms with Gasteiger partial charge in [0.25, 0.3) is 0 Å². The maximum absolute atomic E-state index is 11.9. The number of rotatable bonds is 9. The van der Waals surface area contributed by atoms with E-state index in [0.29, 0.717) is 6.61 Å². The van der Waals surface area contributed by atoms with Crippen LogP contribution in [0.3, 0.4) is 0 Å². The molecule has 0 aliphatic heterocycles. The van der Waals surface area contributed by atoms with Gasteiger partial charge in [0, 0.05) is 6.61 Å². The van der Waals surface area contributed by atoms with Gasteiger partial charge in [-0.3, -0.25) is 0 Å². The summed E-state index contributed by atoms with van der Waals surface area (Å²) in [5, 5.41) is 8.80. The first kappa shape index (κ1) is 18.1.